The molecule has 3 heterocycles. The molecule has 1 N–H and O–H groups in total. The summed E-state index contributed by atoms with van der Waals surface area (Å²) in [6.07, 6.45) is -2.58. The van der Waals surface area contributed by atoms with Gasteiger partial charge in [-0.3, -0.25) is 4.79 Å². The number of rotatable bonds is 6. The predicted molar refractivity (Wildman–Crippen MR) is 129 cm³/mol. The third-order valence-electron chi connectivity index (χ3n) is 5.63. The van der Waals surface area contributed by atoms with Crippen molar-refractivity contribution in [1.82, 2.24) is 4.90 Å². The molecule has 3 aliphatic rings. The zero-order valence-electron chi connectivity index (χ0n) is 22.5. The highest BCUT2D eigenvalue weighted by atomic mass is 28.4. The molecular formula is C24H41NO9Si. The molecule has 0 spiro atoms. The van der Waals surface area contributed by atoms with Gasteiger partial charge in [-0.15, -0.1) is 0 Å². The van der Waals surface area contributed by atoms with Crippen LogP contribution in [-0.4, -0.2) is 91.2 Å². The second-order valence-electron chi connectivity index (χ2n) is 12.1. The Hall–Kier alpha value is -1.34. The molecule has 0 bridgehead atoms. The van der Waals surface area contributed by atoms with Crippen LogP contribution in [0, 0.1) is 0 Å². The minimum Gasteiger partial charge on any atom is -0.443 e. The number of hydrogen-bond donors (Lipinski definition) is 1. The molecule has 3 aliphatic heterocycles. The minimum atomic E-state index is -2.19. The van der Waals surface area contributed by atoms with Crippen molar-refractivity contribution in [1.29, 1.82) is 0 Å². The van der Waals surface area contributed by atoms with Gasteiger partial charge in [0.2, 0.25) is 0 Å². The zero-order valence-corrected chi connectivity index (χ0v) is 23.5. The van der Waals surface area contributed by atoms with Gasteiger partial charge in [0, 0.05) is 5.57 Å². The van der Waals surface area contributed by atoms with Crippen LogP contribution < -0.4 is 0 Å². The maximum absolute atomic E-state index is 13.6. The summed E-state index contributed by atoms with van der Waals surface area (Å²) in [5, 5.41) is 11.1. The smallest absolute Gasteiger partial charge is 0.417 e. The summed E-state index contributed by atoms with van der Waals surface area (Å²) in [7, 11) is -2.19. The summed E-state index contributed by atoms with van der Waals surface area (Å²) < 4.78 is 35.3. The lowest BCUT2D eigenvalue weighted by Gasteiger charge is -2.37. The van der Waals surface area contributed by atoms with Crippen molar-refractivity contribution in [2.45, 2.75) is 116 Å². The molecule has 0 unspecified atom stereocenters. The molecule has 0 saturated carbocycles. The Morgan fingerprint density at radius 1 is 1.09 bits per heavy atom. The maximum atomic E-state index is 13.6. The molecule has 2 amide bonds. The number of amides is 2. The van der Waals surface area contributed by atoms with Crippen molar-refractivity contribution in [3.63, 3.8) is 0 Å². The number of hydrogen-bond acceptors (Lipinski definition) is 9. The monoisotopic (exact) mass is 515 g/mol. The van der Waals surface area contributed by atoms with Crippen LogP contribution in [-0.2, 0) is 32.9 Å². The Balaban J connectivity index is 2.00. The molecule has 0 radical (unpaired) electrons. The van der Waals surface area contributed by atoms with Crippen molar-refractivity contribution in [2.75, 3.05) is 13.2 Å². The molecule has 0 aromatic rings. The molecule has 3 rings (SSSR count). The van der Waals surface area contributed by atoms with Crippen LogP contribution in [0.5, 0.6) is 0 Å². The van der Waals surface area contributed by atoms with Crippen molar-refractivity contribution < 1.29 is 42.8 Å². The number of imide groups is 1. The Morgan fingerprint density at radius 3 is 2.03 bits per heavy atom. The second kappa shape index (κ2) is 9.51. The van der Waals surface area contributed by atoms with E-state index < -0.39 is 68.0 Å². The van der Waals surface area contributed by atoms with Gasteiger partial charge in [0.1, 0.15) is 23.9 Å². The number of aliphatic hydroxyl groups excluding tert-OH is 1. The SMILES string of the molecule is CC(C)(C)OC(=O)N1C(=O)C([C@H](O)[C@H]2COC(C)(C)O2)=C[C@@H]1[C@H](O[Si](C)(C)C)[C@H]1COC(C)(C)O1. The summed E-state index contributed by atoms with van der Waals surface area (Å²) in [5.41, 5.74) is -0.797. The molecule has 200 valence electrons. The number of carbonyl (C=O) groups is 2. The van der Waals surface area contributed by atoms with Gasteiger partial charge in [0.15, 0.2) is 19.9 Å². The summed E-state index contributed by atoms with van der Waals surface area (Å²) in [4.78, 5) is 27.9. The van der Waals surface area contributed by atoms with E-state index in [1.54, 1.807) is 54.5 Å². The Labute approximate surface area is 208 Å². The standard InChI is InChI=1S/C24H41NO9Si/c1-22(2,3)33-21(28)25-15(19(34-35(8,9)10)17-13-30-24(6,7)32-17)11-14(20(25)27)18(26)16-12-29-23(4,5)31-16/h11,15-19,26H,12-13H2,1-10H3/t15-,16-,17-,18+,19+/m1/s1. The molecule has 2 fully saturated rings. The van der Waals surface area contributed by atoms with Gasteiger partial charge < -0.3 is 33.2 Å². The average Bonchev–Trinajstić information content (AvgIpc) is 3.31. The Morgan fingerprint density at radius 2 is 1.60 bits per heavy atom. The van der Waals surface area contributed by atoms with E-state index in [-0.39, 0.29) is 18.8 Å². The van der Waals surface area contributed by atoms with Gasteiger partial charge in [-0.25, -0.2) is 9.69 Å². The van der Waals surface area contributed by atoms with E-state index in [4.69, 9.17) is 28.1 Å². The summed E-state index contributed by atoms with van der Waals surface area (Å²) in [6.45, 7) is 18.6. The van der Waals surface area contributed by atoms with Crippen LogP contribution in [0.4, 0.5) is 4.79 Å². The van der Waals surface area contributed by atoms with E-state index in [1.165, 1.54) is 0 Å². The van der Waals surface area contributed by atoms with Gasteiger partial charge in [0.25, 0.3) is 5.91 Å². The average molecular weight is 516 g/mol. The van der Waals surface area contributed by atoms with Crippen molar-refractivity contribution >= 4 is 20.3 Å². The van der Waals surface area contributed by atoms with E-state index in [9.17, 15) is 14.7 Å². The van der Waals surface area contributed by atoms with Gasteiger partial charge in [-0.1, -0.05) is 0 Å². The van der Waals surface area contributed by atoms with Crippen LogP contribution in [0.1, 0.15) is 48.5 Å². The Bertz CT molecular complexity index is 858. The first kappa shape index (κ1) is 28.2. The van der Waals surface area contributed by atoms with Crippen molar-refractivity contribution in [3.05, 3.63) is 11.6 Å². The molecule has 35 heavy (non-hydrogen) atoms. The lowest BCUT2D eigenvalue weighted by atomic mass is 10.0. The lowest BCUT2D eigenvalue weighted by Crippen LogP contribution is -2.55. The molecule has 11 heteroatoms. The van der Waals surface area contributed by atoms with E-state index in [1.807, 2.05) is 19.6 Å². The molecular weight excluding hydrogens is 474 g/mol. The fourth-order valence-electron chi connectivity index (χ4n) is 4.31. The summed E-state index contributed by atoms with van der Waals surface area (Å²) >= 11 is 0. The quantitative estimate of drug-likeness (QED) is 0.533. The largest absolute Gasteiger partial charge is 0.443 e. The highest BCUT2D eigenvalue weighted by Crippen LogP contribution is 2.36. The van der Waals surface area contributed by atoms with E-state index in [2.05, 4.69) is 0 Å². The molecule has 0 aliphatic carbocycles. The zero-order chi connectivity index (χ0) is 26.6. The third kappa shape index (κ3) is 6.91. The Kier molecular flexibility index (Phi) is 7.67. The van der Waals surface area contributed by atoms with Gasteiger partial charge >= 0.3 is 6.09 Å². The molecule has 10 nitrogen and oxygen atoms in total. The lowest BCUT2D eigenvalue weighted by molar-refractivity contribution is -0.154. The van der Waals surface area contributed by atoms with Gasteiger partial charge in [0.05, 0.1) is 25.4 Å². The first-order valence-corrected chi connectivity index (χ1v) is 15.5. The fraction of sp³-hybridized carbons (Fsp3) is 0.833. The van der Waals surface area contributed by atoms with E-state index >= 15 is 0 Å². The molecule has 0 aromatic heterocycles. The topological polar surface area (TPSA) is 113 Å². The highest BCUT2D eigenvalue weighted by molar-refractivity contribution is 6.69. The molecule has 0 aromatic carbocycles. The highest BCUT2D eigenvalue weighted by Gasteiger charge is 2.52. The van der Waals surface area contributed by atoms with Crippen molar-refractivity contribution in [2.24, 2.45) is 0 Å². The number of carbonyl (C=O) groups excluding carboxylic acids is 2. The number of ether oxygens (including phenoxy) is 5. The van der Waals surface area contributed by atoms with Gasteiger partial charge in [-0.05, 0) is 74.2 Å². The molecule has 5 atom stereocenters. The first-order valence-electron chi connectivity index (χ1n) is 12.1. The summed E-state index contributed by atoms with van der Waals surface area (Å²) in [6, 6.07) is -0.869. The predicted octanol–water partition coefficient (Wildman–Crippen LogP) is 2.94. The van der Waals surface area contributed by atoms with Crippen LogP contribution >= 0.6 is 0 Å². The van der Waals surface area contributed by atoms with Crippen LogP contribution in [0.25, 0.3) is 0 Å². The first-order chi connectivity index (χ1) is 15.8. The summed E-state index contributed by atoms with van der Waals surface area (Å²) in [5.74, 6) is -2.38. The normalized spacial score (nSPS) is 30.4. The third-order valence-corrected chi connectivity index (χ3v) is 6.61. The number of nitrogens with zero attached hydrogens (tertiary/aromatic N) is 1. The second-order valence-corrected chi connectivity index (χ2v) is 16.6. The van der Waals surface area contributed by atoms with Crippen LogP contribution in [0.3, 0.4) is 0 Å². The fourth-order valence-corrected chi connectivity index (χ4v) is 5.42. The van der Waals surface area contributed by atoms with Crippen LogP contribution in [0.2, 0.25) is 19.6 Å². The van der Waals surface area contributed by atoms with Gasteiger partial charge in [-0.2, -0.15) is 0 Å². The van der Waals surface area contributed by atoms with E-state index in [0.29, 0.717) is 0 Å². The minimum absolute atomic E-state index is 0.0366. The van der Waals surface area contributed by atoms with E-state index in [0.717, 1.165) is 4.90 Å². The number of aliphatic hydroxyl groups is 1. The molecule has 2 saturated heterocycles. The van der Waals surface area contributed by atoms with Crippen molar-refractivity contribution in [3.8, 4) is 0 Å². The van der Waals surface area contributed by atoms with Crippen LogP contribution in [0.15, 0.2) is 11.6 Å². The maximum Gasteiger partial charge on any atom is 0.417 e.